The van der Waals surface area contributed by atoms with Crippen LogP contribution in [0.3, 0.4) is 0 Å². The number of hydrogen-bond donors (Lipinski definition) is 0. The second-order valence-corrected chi connectivity index (χ2v) is 8.41. The number of allylic oxidation sites excluding steroid dienone is 4. The van der Waals surface area contributed by atoms with Gasteiger partial charge in [-0.3, -0.25) is 0 Å². The van der Waals surface area contributed by atoms with Crippen LogP contribution in [0, 0.1) is 11.8 Å². The zero-order chi connectivity index (χ0) is 23.9. The highest BCUT2D eigenvalue weighted by Gasteiger charge is 2.11. The lowest BCUT2D eigenvalue weighted by Crippen LogP contribution is -2.10. The van der Waals surface area contributed by atoms with Crippen molar-refractivity contribution in [2.24, 2.45) is 11.8 Å². The van der Waals surface area contributed by atoms with E-state index in [2.05, 4.69) is 39.2 Å². The van der Waals surface area contributed by atoms with Crippen LogP contribution in [0.4, 0.5) is 0 Å². The number of carbonyl (C=O) groups excluding carboxylic acids is 2. The van der Waals surface area contributed by atoms with E-state index in [1.807, 2.05) is 26.0 Å². The van der Waals surface area contributed by atoms with Gasteiger partial charge in [-0.1, -0.05) is 38.2 Å². The fourth-order valence-electron chi connectivity index (χ4n) is 2.81. The summed E-state index contributed by atoms with van der Waals surface area (Å²) in [5, 5.41) is 0. The van der Waals surface area contributed by atoms with Gasteiger partial charge in [0.15, 0.2) is 0 Å². The minimum Gasteiger partial charge on any atom is -0.458 e. The minimum absolute atomic E-state index is 0.252. The van der Waals surface area contributed by atoms with Crippen molar-refractivity contribution < 1.29 is 19.1 Å². The van der Waals surface area contributed by atoms with Crippen molar-refractivity contribution >= 4 is 11.9 Å². The van der Waals surface area contributed by atoms with Crippen LogP contribution in [0.15, 0.2) is 72.9 Å². The van der Waals surface area contributed by atoms with Gasteiger partial charge in [0.2, 0.25) is 0 Å². The van der Waals surface area contributed by atoms with Gasteiger partial charge in [-0.05, 0) is 86.8 Å². The van der Waals surface area contributed by atoms with Gasteiger partial charge in [-0.15, -0.1) is 13.2 Å². The molecule has 0 heterocycles. The Bertz CT molecular complexity index is 745. The van der Waals surface area contributed by atoms with E-state index in [1.165, 1.54) is 0 Å². The monoisotopic (exact) mass is 438 g/mol. The first kappa shape index (κ1) is 27.2. The van der Waals surface area contributed by atoms with Gasteiger partial charge in [0.1, 0.15) is 13.2 Å². The van der Waals surface area contributed by atoms with Crippen molar-refractivity contribution in [1.82, 2.24) is 0 Å². The van der Waals surface area contributed by atoms with Crippen LogP contribution in [0.25, 0.3) is 0 Å². The van der Waals surface area contributed by atoms with Gasteiger partial charge in [0, 0.05) is 0 Å². The van der Waals surface area contributed by atoms with E-state index in [9.17, 15) is 9.59 Å². The third-order valence-corrected chi connectivity index (χ3v) is 5.25. The predicted molar refractivity (Wildman–Crippen MR) is 132 cm³/mol. The van der Waals surface area contributed by atoms with Crippen LogP contribution in [0.2, 0.25) is 0 Å². The lowest BCUT2D eigenvalue weighted by molar-refractivity contribution is 0.0525. The highest BCUT2D eigenvalue weighted by molar-refractivity contribution is 5.93. The van der Waals surface area contributed by atoms with Crippen LogP contribution in [0.5, 0.6) is 0 Å². The van der Waals surface area contributed by atoms with E-state index in [4.69, 9.17) is 9.47 Å². The highest BCUT2D eigenvalue weighted by atomic mass is 16.5. The molecule has 2 atom stereocenters. The summed E-state index contributed by atoms with van der Waals surface area (Å²) >= 11 is 0. The van der Waals surface area contributed by atoms with E-state index in [-0.39, 0.29) is 13.2 Å². The van der Waals surface area contributed by atoms with Crippen LogP contribution in [-0.2, 0) is 9.47 Å². The molecule has 0 aromatic heterocycles. The summed E-state index contributed by atoms with van der Waals surface area (Å²) in [6.07, 6.45) is 11.9. The molecule has 0 amide bonds. The van der Waals surface area contributed by atoms with Crippen molar-refractivity contribution in [3.8, 4) is 0 Å². The first-order chi connectivity index (χ1) is 15.3. The molecule has 0 spiro atoms. The quantitative estimate of drug-likeness (QED) is 0.230. The number of carbonyl (C=O) groups is 2. The Balaban J connectivity index is 2.47. The molecule has 4 heteroatoms. The molecule has 0 fully saturated rings. The van der Waals surface area contributed by atoms with Crippen LogP contribution >= 0.6 is 0 Å². The zero-order valence-corrected chi connectivity index (χ0v) is 20.1. The van der Waals surface area contributed by atoms with Gasteiger partial charge >= 0.3 is 11.9 Å². The van der Waals surface area contributed by atoms with E-state index in [1.54, 1.807) is 24.3 Å². The van der Waals surface area contributed by atoms with Crippen LogP contribution in [0.1, 0.15) is 74.1 Å². The number of esters is 2. The fraction of sp³-hybridized carbons (Fsp3) is 0.429. The summed E-state index contributed by atoms with van der Waals surface area (Å²) in [6.45, 7) is 16.2. The standard InChI is InChI=1S/C28H38O4/c1-7-21(3)11-9-13-23(5)19-31-27(29)25-15-17-26(18-16-25)28(30)32-20-24(6)14-10-12-22(4)8-2/h7-8,13-18,21-22H,1-2,9-12,19-20H2,3-6H3. The molecule has 32 heavy (non-hydrogen) atoms. The maximum Gasteiger partial charge on any atom is 0.338 e. The first-order valence-corrected chi connectivity index (χ1v) is 11.3. The topological polar surface area (TPSA) is 52.6 Å². The number of ether oxygens (including phenoxy) is 2. The van der Waals surface area contributed by atoms with Crippen molar-refractivity contribution in [2.45, 2.75) is 53.4 Å². The van der Waals surface area contributed by atoms with Gasteiger partial charge in [0.05, 0.1) is 11.1 Å². The van der Waals surface area contributed by atoms with Crippen molar-refractivity contribution in [3.05, 3.63) is 84.0 Å². The highest BCUT2D eigenvalue weighted by Crippen LogP contribution is 2.12. The van der Waals surface area contributed by atoms with Crippen LogP contribution < -0.4 is 0 Å². The molecule has 174 valence electrons. The average molecular weight is 439 g/mol. The molecule has 0 bridgehead atoms. The van der Waals surface area contributed by atoms with Crippen molar-refractivity contribution in [3.63, 3.8) is 0 Å². The summed E-state index contributed by atoms with van der Waals surface area (Å²) in [5.41, 5.74) is 2.83. The van der Waals surface area contributed by atoms with Crippen LogP contribution in [-0.4, -0.2) is 25.2 Å². The molecular weight excluding hydrogens is 400 g/mol. The van der Waals surface area contributed by atoms with E-state index in [0.29, 0.717) is 23.0 Å². The molecule has 0 saturated heterocycles. The average Bonchev–Trinajstić information content (AvgIpc) is 2.80. The SMILES string of the molecule is C=CC(C)CCC=C(C)COC(=O)c1ccc(C(=O)OCC(C)=CCCC(C)C=C)cc1. The van der Waals surface area contributed by atoms with Gasteiger partial charge in [-0.2, -0.15) is 0 Å². The number of hydrogen-bond acceptors (Lipinski definition) is 4. The molecule has 1 aromatic rings. The summed E-state index contributed by atoms with van der Waals surface area (Å²) in [4.78, 5) is 24.5. The summed E-state index contributed by atoms with van der Waals surface area (Å²) < 4.78 is 10.7. The maximum absolute atomic E-state index is 12.3. The van der Waals surface area contributed by atoms with Crippen molar-refractivity contribution in [2.75, 3.05) is 13.2 Å². The molecule has 1 rings (SSSR count). The molecule has 2 unspecified atom stereocenters. The lowest BCUT2D eigenvalue weighted by atomic mass is 10.1. The Morgan fingerprint density at radius 3 is 1.44 bits per heavy atom. The summed E-state index contributed by atoms with van der Waals surface area (Å²) in [7, 11) is 0. The smallest absolute Gasteiger partial charge is 0.338 e. The molecule has 0 aliphatic carbocycles. The second-order valence-electron chi connectivity index (χ2n) is 8.41. The van der Waals surface area contributed by atoms with E-state index < -0.39 is 11.9 Å². The van der Waals surface area contributed by atoms with Gasteiger partial charge in [0.25, 0.3) is 0 Å². The number of rotatable bonds is 14. The molecule has 0 radical (unpaired) electrons. The Kier molecular flexibility index (Phi) is 12.7. The Hall–Kier alpha value is -2.88. The molecule has 0 saturated carbocycles. The second kappa shape index (κ2) is 15.0. The van der Waals surface area contributed by atoms with Gasteiger partial charge in [-0.25, -0.2) is 9.59 Å². The summed E-state index contributed by atoms with van der Waals surface area (Å²) in [5.74, 6) is 0.116. The normalized spacial score (nSPS) is 13.8. The molecule has 0 aliphatic heterocycles. The van der Waals surface area contributed by atoms with Gasteiger partial charge < -0.3 is 9.47 Å². The Morgan fingerprint density at radius 2 is 1.12 bits per heavy atom. The largest absolute Gasteiger partial charge is 0.458 e. The number of benzene rings is 1. The fourth-order valence-corrected chi connectivity index (χ4v) is 2.81. The molecular formula is C28H38O4. The molecule has 1 aromatic carbocycles. The lowest BCUT2D eigenvalue weighted by Gasteiger charge is -2.08. The molecule has 0 aliphatic rings. The molecule has 0 N–H and O–H groups in total. The van der Waals surface area contributed by atoms with E-state index >= 15 is 0 Å². The predicted octanol–water partition coefficient (Wildman–Crippen LogP) is 7.10. The zero-order valence-electron chi connectivity index (χ0n) is 20.1. The third kappa shape index (κ3) is 10.9. The third-order valence-electron chi connectivity index (χ3n) is 5.25. The first-order valence-electron chi connectivity index (χ1n) is 11.3. The maximum atomic E-state index is 12.3. The Morgan fingerprint density at radius 1 is 0.781 bits per heavy atom. The van der Waals surface area contributed by atoms with Crippen molar-refractivity contribution in [1.29, 1.82) is 0 Å². The molecule has 4 nitrogen and oxygen atoms in total. The Labute approximate surface area is 193 Å². The minimum atomic E-state index is -0.412. The van der Waals surface area contributed by atoms with E-state index in [0.717, 1.165) is 36.8 Å². The summed E-state index contributed by atoms with van der Waals surface area (Å²) in [6, 6.07) is 6.35.